The summed E-state index contributed by atoms with van der Waals surface area (Å²) in [6, 6.07) is 0. The largest absolute Gasteiger partial charge is 0.472 e. The minimum Gasteiger partial charge on any atom is -0.462 e. The van der Waals surface area contributed by atoms with Gasteiger partial charge in [0.15, 0.2) is 12.2 Å². The van der Waals surface area contributed by atoms with E-state index in [0.29, 0.717) is 25.7 Å². The van der Waals surface area contributed by atoms with Crippen molar-refractivity contribution in [1.82, 2.24) is 0 Å². The Morgan fingerprint density at radius 2 is 0.510 bits per heavy atom. The maximum Gasteiger partial charge on any atom is 0.472 e. The minimum atomic E-state index is -4.96. The first-order valence-corrected chi connectivity index (χ1v) is 45.0. The van der Waals surface area contributed by atoms with E-state index < -0.39 is 97.5 Å². The molecule has 0 spiro atoms. The molecule has 0 aromatic carbocycles. The zero-order valence-electron chi connectivity index (χ0n) is 65.5. The van der Waals surface area contributed by atoms with Gasteiger partial charge in [0.25, 0.3) is 0 Å². The van der Waals surface area contributed by atoms with Gasteiger partial charge in [-0.1, -0.05) is 375 Å². The van der Waals surface area contributed by atoms with Gasteiger partial charge in [0.05, 0.1) is 26.4 Å². The van der Waals surface area contributed by atoms with Crippen LogP contribution in [-0.4, -0.2) is 96.7 Å². The second-order valence-electron chi connectivity index (χ2n) is 29.9. The predicted molar refractivity (Wildman–Crippen MR) is 409 cm³/mol. The van der Waals surface area contributed by atoms with E-state index in [9.17, 15) is 43.2 Å². The summed E-state index contributed by atoms with van der Waals surface area (Å²) >= 11 is 0. The Balaban J connectivity index is 5.27. The van der Waals surface area contributed by atoms with Gasteiger partial charge in [0, 0.05) is 25.7 Å². The van der Waals surface area contributed by atoms with Crippen LogP contribution < -0.4 is 0 Å². The maximum atomic E-state index is 13.1. The zero-order chi connectivity index (χ0) is 73.5. The van der Waals surface area contributed by atoms with Crippen molar-refractivity contribution in [3.8, 4) is 0 Å². The minimum absolute atomic E-state index is 0.108. The van der Waals surface area contributed by atoms with Crippen LogP contribution in [0.25, 0.3) is 0 Å². The van der Waals surface area contributed by atoms with E-state index >= 15 is 0 Å². The van der Waals surface area contributed by atoms with Gasteiger partial charge in [-0.25, -0.2) is 9.13 Å². The van der Waals surface area contributed by atoms with Gasteiger partial charge in [-0.15, -0.1) is 0 Å². The smallest absolute Gasteiger partial charge is 0.462 e. The van der Waals surface area contributed by atoms with Crippen molar-refractivity contribution in [3.63, 3.8) is 0 Å². The van der Waals surface area contributed by atoms with Crippen LogP contribution in [0.15, 0.2) is 0 Å². The number of ether oxygens (including phenoxy) is 4. The number of rotatable bonds is 80. The van der Waals surface area contributed by atoms with Crippen molar-refractivity contribution in [2.75, 3.05) is 39.6 Å². The second-order valence-corrected chi connectivity index (χ2v) is 32.8. The third-order valence-electron chi connectivity index (χ3n) is 19.3. The molecule has 0 fully saturated rings. The van der Waals surface area contributed by atoms with E-state index in [1.165, 1.54) is 244 Å². The summed E-state index contributed by atoms with van der Waals surface area (Å²) in [4.78, 5) is 73.1. The Morgan fingerprint density at radius 1 is 0.290 bits per heavy atom. The van der Waals surface area contributed by atoms with Crippen LogP contribution in [0.1, 0.15) is 427 Å². The van der Waals surface area contributed by atoms with Crippen molar-refractivity contribution in [3.05, 3.63) is 0 Å². The fraction of sp³-hybridized carbons (Fsp3) is 0.951. The number of esters is 4. The SMILES string of the molecule is CCCCCCCCCCCCCCCCCCCCC(=O)O[C@H](COC(=O)CCCCCCCCCCCCCCC(C)C)COP(=O)(O)OC[C@@H](O)COP(=O)(O)OC[C@@H](COC(=O)CCCCCCCCCCC(C)CC)OC(=O)CCCCCCCCCCCCCCCCC. The van der Waals surface area contributed by atoms with E-state index in [4.69, 9.17) is 37.0 Å². The predicted octanol–water partition coefficient (Wildman–Crippen LogP) is 24.3. The third kappa shape index (κ3) is 73.0. The van der Waals surface area contributed by atoms with Gasteiger partial charge in [0.1, 0.15) is 19.3 Å². The molecular formula is C81H158O17P2. The van der Waals surface area contributed by atoms with Crippen LogP contribution in [0, 0.1) is 11.8 Å². The van der Waals surface area contributed by atoms with E-state index in [-0.39, 0.29) is 25.7 Å². The number of hydrogen-bond acceptors (Lipinski definition) is 15. The second kappa shape index (κ2) is 72.6. The molecule has 0 aliphatic carbocycles. The van der Waals surface area contributed by atoms with E-state index in [2.05, 4.69) is 41.5 Å². The molecule has 0 radical (unpaired) electrons. The maximum absolute atomic E-state index is 13.1. The molecule has 0 aromatic heterocycles. The summed E-state index contributed by atoms with van der Waals surface area (Å²) in [5, 5.41) is 10.6. The number of unbranched alkanes of at least 4 members (excludes halogenated alkanes) is 49. The van der Waals surface area contributed by atoms with Crippen molar-refractivity contribution in [2.24, 2.45) is 11.8 Å². The van der Waals surface area contributed by atoms with Crippen LogP contribution in [0.4, 0.5) is 0 Å². The number of aliphatic hydroxyl groups is 1. The van der Waals surface area contributed by atoms with Crippen LogP contribution in [0.5, 0.6) is 0 Å². The summed E-state index contributed by atoms with van der Waals surface area (Å²) < 4.78 is 68.8. The van der Waals surface area contributed by atoms with E-state index in [1.54, 1.807) is 0 Å². The number of carbonyl (C=O) groups excluding carboxylic acids is 4. The normalized spacial score (nSPS) is 14.2. The van der Waals surface area contributed by atoms with Gasteiger partial charge in [-0.2, -0.15) is 0 Å². The Morgan fingerprint density at radius 3 is 0.760 bits per heavy atom. The molecule has 0 saturated carbocycles. The average molecular weight is 1470 g/mol. The van der Waals surface area contributed by atoms with Crippen molar-refractivity contribution in [1.29, 1.82) is 0 Å². The lowest BCUT2D eigenvalue weighted by Gasteiger charge is -2.21. The van der Waals surface area contributed by atoms with Gasteiger partial charge in [-0.3, -0.25) is 37.3 Å². The molecule has 0 aromatic rings. The van der Waals surface area contributed by atoms with Crippen LogP contribution >= 0.6 is 15.6 Å². The summed E-state index contributed by atoms with van der Waals surface area (Å²) in [6.45, 7) is 9.66. The molecule has 100 heavy (non-hydrogen) atoms. The van der Waals surface area contributed by atoms with Crippen molar-refractivity contribution in [2.45, 2.75) is 445 Å². The number of phosphoric ester groups is 2. The first kappa shape index (κ1) is 98.1. The molecule has 0 aliphatic rings. The van der Waals surface area contributed by atoms with Gasteiger partial charge in [0.2, 0.25) is 0 Å². The number of phosphoric acid groups is 2. The lowest BCUT2D eigenvalue weighted by atomic mass is 9.99. The monoisotopic (exact) mass is 1470 g/mol. The zero-order valence-corrected chi connectivity index (χ0v) is 67.3. The average Bonchev–Trinajstić information content (AvgIpc) is 0.962. The number of hydrogen-bond donors (Lipinski definition) is 3. The van der Waals surface area contributed by atoms with E-state index in [0.717, 1.165) is 102 Å². The molecule has 6 atom stereocenters. The fourth-order valence-electron chi connectivity index (χ4n) is 12.5. The van der Waals surface area contributed by atoms with Crippen molar-refractivity contribution >= 4 is 39.5 Å². The van der Waals surface area contributed by atoms with Gasteiger partial charge < -0.3 is 33.8 Å². The van der Waals surface area contributed by atoms with Gasteiger partial charge >= 0.3 is 39.5 Å². The highest BCUT2D eigenvalue weighted by Gasteiger charge is 2.30. The molecule has 19 heteroatoms. The molecule has 0 heterocycles. The number of carbonyl (C=O) groups is 4. The van der Waals surface area contributed by atoms with Crippen LogP contribution in [0.2, 0.25) is 0 Å². The highest BCUT2D eigenvalue weighted by Crippen LogP contribution is 2.45. The standard InChI is InChI=1S/C81H158O17P2/c1-7-10-12-14-16-18-20-22-24-25-26-28-30-36-40-48-54-60-66-80(85)97-76(69-91-78(83)63-57-51-45-38-34-32-31-33-37-43-49-55-61-73(4)5)71-95-99(87,88)93-67-75(82)68-94-100(89,90)96-72-77(70-92-79(84)64-58-52-46-42-41-44-50-56-62-74(6)9-3)98-81(86)65-59-53-47-39-35-29-27-23-21-19-17-15-13-11-8-2/h73-77,82H,7-72H2,1-6H3,(H,87,88)(H,89,90)/t74?,75-,76-,77-/m1/s1. The Labute approximate surface area is 613 Å². The lowest BCUT2D eigenvalue weighted by molar-refractivity contribution is -0.161. The Kier molecular flexibility index (Phi) is 71.2. The highest BCUT2D eigenvalue weighted by atomic mass is 31.2. The molecular weight excluding hydrogens is 1310 g/mol. The fourth-order valence-corrected chi connectivity index (χ4v) is 14.1. The molecule has 3 unspecified atom stereocenters. The van der Waals surface area contributed by atoms with Crippen LogP contribution in [-0.2, 0) is 65.4 Å². The Hall–Kier alpha value is -1.94. The van der Waals surface area contributed by atoms with E-state index in [1.807, 2.05) is 0 Å². The molecule has 0 rings (SSSR count). The third-order valence-corrected chi connectivity index (χ3v) is 21.2. The molecule has 594 valence electrons. The first-order valence-electron chi connectivity index (χ1n) is 42.0. The first-order chi connectivity index (χ1) is 48.4. The molecule has 17 nitrogen and oxygen atoms in total. The Bertz CT molecular complexity index is 1930. The quantitative estimate of drug-likeness (QED) is 0.0222. The molecule has 0 saturated heterocycles. The summed E-state index contributed by atoms with van der Waals surface area (Å²) in [5.41, 5.74) is 0. The summed E-state index contributed by atoms with van der Waals surface area (Å²) in [6.07, 6.45) is 62.3. The summed E-state index contributed by atoms with van der Waals surface area (Å²) in [7, 11) is -9.92. The highest BCUT2D eigenvalue weighted by molar-refractivity contribution is 7.47. The molecule has 0 amide bonds. The van der Waals surface area contributed by atoms with Gasteiger partial charge in [-0.05, 0) is 37.5 Å². The molecule has 3 N–H and O–H groups in total. The number of aliphatic hydroxyl groups excluding tert-OH is 1. The molecule has 0 aliphatic heterocycles. The van der Waals surface area contributed by atoms with Crippen molar-refractivity contribution < 1.29 is 80.2 Å². The summed E-state index contributed by atoms with van der Waals surface area (Å²) in [5.74, 6) is -0.547. The topological polar surface area (TPSA) is 237 Å². The molecule has 0 bridgehead atoms. The lowest BCUT2D eigenvalue weighted by Crippen LogP contribution is -2.30. The van der Waals surface area contributed by atoms with Crippen LogP contribution in [0.3, 0.4) is 0 Å².